The minimum atomic E-state index is -0.195. The van der Waals surface area contributed by atoms with Gasteiger partial charge in [0.05, 0.1) is 6.04 Å². The van der Waals surface area contributed by atoms with Gasteiger partial charge in [0.15, 0.2) is 0 Å². The molecule has 3 nitrogen and oxygen atoms in total. The molecule has 21 heavy (non-hydrogen) atoms. The first-order valence-electron chi connectivity index (χ1n) is 7.80. The van der Waals surface area contributed by atoms with Gasteiger partial charge in [0.25, 0.3) is 0 Å². The number of hydrogen-bond donors (Lipinski definition) is 2. The highest BCUT2D eigenvalue weighted by atomic mass is 19.1. The minimum absolute atomic E-state index is 0.129. The lowest BCUT2D eigenvalue weighted by Crippen LogP contribution is -2.57. The van der Waals surface area contributed by atoms with Crippen LogP contribution in [-0.2, 0) is 0 Å². The number of halogens is 1. The first-order valence-corrected chi connectivity index (χ1v) is 7.80. The predicted molar refractivity (Wildman–Crippen MR) is 85.3 cm³/mol. The molecule has 2 rings (SSSR count). The van der Waals surface area contributed by atoms with Crippen molar-refractivity contribution in [1.82, 2.24) is 10.3 Å². The van der Waals surface area contributed by atoms with Crippen molar-refractivity contribution < 1.29 is 4.39 Å². The van der Waals surface area contributed by atoms with E-state index in [1.807, 2.05) is 13.0 Å². The Kier molecular flexibility index (Phi) is 5.02. The second-order valence-electron chi connectivity index (χ2n) is 6.81. The number of hydrazine groups is 1. The van der Waals surface area contributed by atoms with Gasteiger partial charge in [-0.05, 0) is 58.7 Å². The smallest absolute Gasteiger partial charge is 0.128 e. The average molecular weight is 293 g/mol. The number of nitrogens with two attached hydrogens (primary N) is 1. The van der Waals surface area contributed by atoms with Crippen molar-refractivity contribution in [1.29, 1.82) is 0 Å². The fraction of sp³-hybridized carbons (Fsp3) is 0.647. The lowest BCUT2D eigenvalue weighted by atomic mass is 9.70. The zero-order valence-electron chi connectivity index (χ0n) is 13.6. The number of hydrogen-bond acceptors (Lipinski definition) is 3. The second kappa shape index (κ2) is 6.42. The van der Waals surface area contributed by atoms with Gasteiger partial charge >= 0.3 is 0 Å². The van der Waals surface area contributed by atoms with E-state index >= 15 is 0 Å². The van der Waals surface area contributed by atoms with Crippen molar-refractivity contribution in [2.45, 2.75) is 51.1 Å². The third-order valence-electron chi connectivity index (χ3n) is 5.20. The summed E-state index contributed by atoms with van der Waals surface area (Å²) in [6, 6.07) is 5.07. The van der Waals surface area contributed by atoms with Crippen LogP contribution in [0.1, 0.15) is 49.8 Å². The molecule has 4 heteroatoms. The van der Waals surface area contributed by atoms with Gasteiger partial charge in [-0.1, -0.05) is 24.6 Å². The topological polar surface area (TPSA) is 41.3 Å². The normalized spacial score (nSPS) is 27.9. The van der Waals surface area contributed by atoms with Crippen molar-refractivity contribution in [3.8, 4) is 0 Å². The summed E-state index contributed by atoms with van der Waals surface area (Å²) in [7, 11) is 4.15. The Morgan fingerprint density at radius 3 is 2.48 bits per heavy atom. The number of rotatable bonds is 4. The number of aryl methyl sites for hydroxylation is 1. The third-order valence-corrected chi connectivity index (χ3v) is 5.20. The molecule has 1 atom stereocenters. The van der Waals surface area contributed by atoms with Crippen LogP contribution in [0.5, 0.6) is 0 Å². The van der Waals surface area contributed by atoms with E-state index in [0.29, 0.717) is 5.56 Å². The van der Waals surface area contributed by atoms with Crippen LogP contribution in [0, 0.1) is 18.7 Å². The van der Waals surface area contributed by atoms with E-state index in [1.54, 1.807) is 12.1 Å². The van der Waals surface area contributed by atoms with Crippen molar-refractivity contribution in [3.05, 3.63) is 35.1 Å². The standard InChI is InChI=1S/C17H28FN3/c1-12-7-9-17(10-8-12,21(3)4)16(20-19)14-11-13(2)5-6-15(14)18/h5-6,11-12,16,20H,7-10,19H2,1-4H3. The summed E-state index contributed by atoms with van der Waals surface area (Å²) in [6.07, 6.45) is 4.38. The zero-order valence-corrected chi connectivity index (χ0v) is 13.6. The molecule has 0 radical (unpaired) electrons. The van der Waals surface area contributed by atoms with Crippen LogP contribution >= 0.6 is 0 Å². The quantitative estimate of drug-likeness (QED) is 0.662. The summed E-state index contributed by atoms with van der Waals surface area (Å²) < 4.78 is 14.4. The van der Waals surface area contributed by atoms with Crippen LogP contribution in [0.4, 0.5) is 4.39 Å². The van der Waals surface area contributed by atoms with Crippen molar-refractivity contribution in [3.63, 3.8) is 0 Å². The highest BCUT2D eigenvalue weighted by Gasteiger charge is 2.44. The molecule has 1 fully saturated rings. The fourth-order valence-electron chi connectivity index (χ4n) is 3.67. The van der Waals surface area contributed by atoms with Gasteiger partial charge in [-0.15, -0.1) is 0 Å². The maximum Gasteiger partial charge on any atom is 0.128 e. The van der Waals surface area contributed by atoms with Gasteiger partial charge < -0.3 is 4.90 Å². The van der Waals surface area contributed by atoms with E-state index in [0.717, 1.165) is 37.2 Å². The molecule has 1 aromatic rings. The molecule has 1 saturated carbocycles. The van der Waals surface area contributed by atoms with Crippen molar-refractivity contribution in [2.75, 3.05) is 14.1 Å². The summed E-state index contributed by atoms with van der Waals surface area (Å²) in [4.78, 5) is 2.23. The summed E-state index contributed by atoms with van der Waals surface area (Å²) in [6.45, 7) is 4.28. The molecule has 1 aliphatic carbocycles. The Hall–Kier alpha value is -0.970. The van der Waals surface area contributed by atoms with Gasteiger partial charge in [-0.2, -0.15) is 0 Å². The molecular formula is C17H28FN3. The second-order valence-corrected chi connectivity index (χ2v) is 6.81. The van der Waals surface area contributed by atoms with Gasteiger partial charge in [0.2, 0.25) is 0 Å². The molecule has 1 aromatic carbocycles. The number of benzene rings is 1. The van der Waals surface area contributed by atoms with E-state index in [4.69, 9.17) is 5.84 Å². The molecule has 0 saturated heterocycles. The maximum atomic E-state index is 14.4. The molecule has 0 heterocycles. The third kappa shape index (κ3) is 3.12. The average Bonchev–Trinajstić information content (AvgIpc) is 2.45. The zero-order chi connectivity index (χ0) is 15.6. The van der Waals surface area contributed by atoms with Gasteiger partial charge in [0, 0.05) is 11.1 Å². The molecule has 0 amide bonds. The molecule has 0 aromatic heterocycles. The molecule has 0 spiro atoms. The highest BCUT2D eigenvalue weighted by Crippen LogP contribution is 2.44. The number of likely N-dealkylation sites (N-methyl/N-ethyl adjacent to an activating group) is 1. The Morgan fingerprint density at radius 2 is 1.95 bits per heavy atom. The number of nitrogens with one attached hydrogen (secondary N) is 1. The van der Waals surface area contributed by atoms with Crippen LogP contribution in [0.25, 0.3) is 0 Å². The summed E-state index contributed by atoms with van der Waals surface area (Å²) in [5, 5.41) is 0. The first-order chi connectivity index (χ1) is 9.90. The molecule has 0 bridgehead atoms. The van der Waals surface area contributed by atoms with E-state index < -0.39 is 0 Å². The lowest BCUT2D eigenvalue weighted by molar-refractivity contribution is 0.0416. The summed E-state index contributed by atoms with van der Waals surface area (Å²) in [5.41, 5.74) is 4.52. The van der Waals surface area contributed by atoms with Crippen LogP contribution in [0.2, 0.25) is 0 Å². The molecule has 3 N–H and O–H groups in total. The Morgan fingerprint density at radius 1 is 1.33 bits per heavy atom. The predicted octanol–water partition coefficient (Wildman–Crippen LogP) is 3.15. The van der Waals surface area contributed by atoms with Gasteiger partial charge in [-0.25, -0.2) is 4.39 Å². The minimum Gasteiger partial charge on any atom is -0.302 e. The Labute approximate surface area is 127 Å². The molecule has 0 aliphatic heterocycles. The monoisotopic (exact) mass is 293 g/mol. The van der Waals surface area contributed by atoms with Gasteiger partial charge in [-0.3, -0.25) is 11.3 Å². The van der Waals surface area contributed by atoms with Crippen LogP contribution in [0.15, 0.2) is 18.2 Å². The van der Waals surface area contributed by atoms with Crippen LogP contribution < -0.4 is 11.3 Å². The molecular weight excluding hydrogens is 265 g/mol. The van der Waals surface area contributed by atoms with Gasteiger partial charge in [0.1, 0.15) is 5.82 Å². The Bertz CT molecular complexity index is 479. The van der Waals surface area contributed by atoms with Crippen molar-refractivity contribution >= 4 is 0 Å². The van der Waals surface area contributed by atoms with Crippen LogP contribution in [-0.4, -0.2) is 24.5 Å². The lowest BCUT2D eigenvalue weighted by Gasteiger charge is -2.49. The maximum absolute atomic E-state index is 14.4. The highest BCUT2D eigenvalue weighted by molar-refractivity contribution is 5.30. The summed E-state index contributed by atoms with van der Waals surface area (Å²) in [5.74, 6) is 6.43. The van der Waals surface area contributed by atoms with Crippen molar-refractivity contribution in [2.24, 2.45) is 11.8 Å². The molecule has 118 valence electrons. The summed E-state index contributed by atoms with van der Waals surface area (Å²) >= 11 is 0. The van der Waals surface area contributed by atoms with E-state index in [9.17, 15) is 4.39 Å². The fourth-order valence-corrected chi connectivity index (χ4v) is 3.67. The van der Waals surface area contributed by atoms with E-state index in [-0.39, 0.29) is 17.4 Å². The van der Waals surface area contributed by atoms with Crippen LogP contribution in [0.3, 0.4) is 0 Å². The SMILES string of the molecule is Cc1ccc(F)c(C(NN)C2(N(C)C)CCC(C)CC2)c1. The molecule has 1 aliphatic rings. The largest absolute Gasteiger partial charge is 0.302 e. The Balaban J connectivity index is 2.43. The molecule has 1 unspecified atom stereocenters. The number of nitrogens with zero attached hydrogens (tertiary/aromatic N) is 1. The van der Waals surface area contributed by atoms with E-state index in [1.165, 1.54) is 0 Å². The first kappa shape index (κ1) is 16.4. The van der Waals surface area contributed by atoms with E-state index in [2.05, 4.69) is 31.3 Å².